The van der Waals surface area contributed by atoms with E-state index in [2.05, 4.69) is 5.32 Å². The summed E-state index contributed by atoms with van der Waals surface area (Å²) < 4.78 is 67.2. The van der Waals surface area contributed by atoms with E-state index < -0.39 is 57.5 Å². The fourth-order valence-electron chi connectivity index (χ4n) is 3.61. The van der Waals surface area contributed by atoms with Crippen molar-refractivity contribution in [1.82, 2.24) is 10.2 Å². The SMILES string of the molecule is CNC(=O)OC[C@H]1CN(c2c([N+](=O)[O-])ccc(Oc3ccccc3F)c2C(F)(F)F)CCN1C. The van der Waals surface area contributed by atoms with Gasteiger partial charge in [0.1, 0.15) is 23.6 Å². The molecule has 3 rings (SSSR count). The van der Waals surface area contributed by atoms with E-state index >= 15 is 0 Å². The summed E-state index contributed by atoms with van der Waals surface area (Å²) in [5.74, 6) is -2.11. The van der Waals surface area contributed by atoms with Crippen LogP contribution in [0.5, 0.6) is 11.5 Å². The lowest BCUT2D eigenvalue weighted by molar-refractivity contribution is -0.384. The highest BCUT2D eigenvalue weighted by atomic mass is 19.4. The van der Waals surface area contributed by atoms with Gasteiger partial charge >= 0.3 is 12.3 Å². The van der Waals surface area contributed by atoms with E-state index in [1.807, 2.05) is 0 Å². The molecule has 1 heterocycles. The van der Waals surface area contributed by atoms with E-state index in [0.29, 0.717) is 0 Å². The minimum Gasteiger partial charge on any atom is -0.454 e. The monoisotopic (exact) mass is 486 g/mol. The van der Waals surface area contributed by atoms with E-state index in [1.54, 1.807) is 11.9 Å². The molecule has 2 aromatic rings. The first kappa shape index (κ1) is 25.0. The number of ether oxygens (including phenoxy) is 2. The summed E-state index contributed by atoms with van der Waals surface area (Å²) in [7, 11) is 3.06. The molecule has 34 heavy (non-hydrogen) atoms. The van der Waals surface area contributed by atoms with Crippen LogP contribution in [-0.4, -0.2) is 62.3 Å². The Labute approximate surface area is 192 Å². The molecule has 0 saturated carbocycles. The molecule has 1 aliphatic heterocycles. The molecular formula is C21H22F4N4O5. The highest BCUT2D eigenvalue weighted by Crippen LogP contribution is 2.48. The Bertz CT molecular complexity index is 1070. The van der Waals surface area contributed by atoms with Gasteiger partial charge in [-0.1, -0.05) is 12.1 Å². The lowest BCUT2D eigenvalue weighted by Gasteiger charge is -2.40. The Morgan fingerprint density at radius 3 is 2.53 bits per heavy atom. The average Bonchev–Trinajstić information content (AvgIpc) is 2.78. The number of nitrogens with one attached hydrogen (secondary N) is 1. The van der Waals surface area contributed by atoms with Crippen LogP contribution in [0.25, 0.3) is 0 Å². The van der Waals surface area contributed by atoms with Gasteiger partial charge in [-0.15, -0.1) is 0 Å². The van der Waals surface area contributed by atoms with Gasteiger partial charge in [-0.3, -0.25) is 15.0 Å². The van der Waals surface area contributed by atoms with Gasteiger partial charge in [0.2, 0.25) is 0 Å². The van der Waals surface area contributed by atoms with Gasteiger partial charge in [-0.2, -0.15) is 13.2 Å². The maximum Gasteiger partial charge on any atom is 0.422 e. The van der Waals surface area contributed by atoms with Crippen molar-refractivity contribution < 1.29 is 36.8 Å². The number of nitro groups is 1. The summed E-state index contributed by atoms with van der Waals surface area (Å²) in [6.45, 7) is 0.0302. The maximum atomic E-state index is 14.3. The van der Waals surface area contributed by atoms with Crippen LogP contribution in [0, 0.1) is 15.9 Å². The summed E-state index contributed by atoms with van der Waals surface area (Å²) in [5, 5.41) is 14.0. The standard InChI is InChI=1S/C21H22F4N4O5/c1-26-20(30)33-12-13-11-28(10-9-27(13)2)19-15(29(31)32)7-8-17(18(19)21(23,24)25)34-16-6-4-3-5-14(16)22/h3-8,13H,9-12H2,1-2H3,(H,26,30)/t13-/m1/s1. The normalized spacial score (nSPS) is 16.8. The Morgan fingerprint density at radius 1 is 1.21 bits per heavy atom. The van der Waals surface area contributed by atoms with Crippen molar-refractivity contribution in [3.63, 3.8) is 0 Å². The second kappa shape index (κ2) is 10.1. The number of piperazine rings is 1. The number of anilines is 1. The van der Waals surface area contributed by atoms with E-state index in [0.717, 1.165) is 24.3 Å². The molecule has 184 valence electrons. The number of benzene rings is 2. The highest BCUT2D eigenvalue weighted by Gasteiger charge is 2.44. The largest absolute Gasteiger partial charge is 0.454 e. The van der Waals surface area contributed by atoms with Gasteiger partial charge in [0.25, 0.3) is 5.69 Å². The fourth-order valence-corrected chi connectivity index (χ4v) is 3.61. The summed E-state index contributed by atoms with van der Waals surface area (Å²) in [6, 6.07) is 6.07. The highest BCUT2D eigenvalue weighted by molar-refractivity contribution is 5.73. The molecule has 0 bridgehead atoms. The molecule has 2 aromatic carbocycles. The molecule has 1 atom stereocenters. The number of nitrogens with zero attached hydrogens (tertiary/aromatic N) is 3. The number of likely N-dealkylation sites (N-methyl/N-ethyl adjacent to an activating group) is 1. The Balaban J connectivity index is 2.08. The summed E-state index contributed by atoms with van der Waals surface area (Å²) >= 11 is 0. The van der Waals surface area contributed by atoms with Gasteiger partial charge in [0.15, 0.2) is 11.6 Å². The van der Waals surface area contributed by atoms with Crippen molar-refractivity contribution in [2.24, 2.45) is 0 Å². The minimum atomic E-state index is -5.06. The number of carbonyl (C=O) groups is 1. The van der Waals surface area contributed by atoms with E-state index in [4.69, 9.17) is 9.47 Å². The Hall–Kier alpha value is -3.61. The summed E-state index contributed by atoms with van der Waals surface area (Å²) in [4.78, 5) is 25.2. The number of hydrogen-bond acceptors (Lipinski definition) is 7. The van der Waals surface area contributed by atoms with Crippen molar-refractivity contribution in [2.75, 3.05) is 45.2 Å². The zero-order chi connectivity index (χ0) is 25.0. The molecule has 0 aliphatic carbocycles. The molecule has 0 aromatic heterocycles. The van der Waals surface area contributed by atoms with Crippen LogP contribution in [0.1, 0.15) is 5.56 Å². The predicted octanol–water partition coefficient (Wildman–Crippen LogP) is 4.02. The number of hydrogen-bond donors (Lipinski definition) is 1. The van der Waals surface area contributed by atoms with Gasteiger partial charge in [-0.05, 0) is 25.2 Å². The Morgan fingerprint density at radius 2 is 1.91 bits per heavy atom. The molecule has 1 fully saturated rings. The van der Waals surface area contributed by atoms with Crippen molar-refractivity contribution in [1.29, 1.82) is 0 Å². The third-order valence-electron chi connectivity index (χ3n) is 5.36. The number of para-hydroxylation sites is 1. The van der Waals surface area contributed by atoms with Gasteiger partial charge in [-0.25, -0.2) is 9.18 Å². The zero-order valence-corrected chi connectivity index (χ0v) is 18.3. The molecule has 1 amide bonds. The van der Waals surface area contributed by atoms with Crippen LogP contribution < -0.4 is 15.0 Å². The summed E-state index contributed by atoms with van der Waals surface area (Å²) in [6.07, 6.45) is -5.77. The number of nitro benzene ring substituents is 1. The zero-order valence-electron chi connectivity index (χ0n) is 18.3. The third kappa shape index (κ3) is 5.47. The Kier molecular flexibility index (Phi) is 7.44. The van der Waals surface area contributed by atoms with Gasteiger partial charge < -0.3 is 19.7 Å². The number of carbonyl (C=O) groups excluding carboxylic acids is 1. The van der Waals surface area contributed by atoms with E-state index in [-0.39, 0.29) is 26.2 Å². The van der Waals surface area contributed by atoms with Crippen LogP contribution in [-0.2, 0) is 10.9 Å². The first-order valence-electron chi connectivity index (χ1n) is 10.1. The molecule has 0 unspecified atom stereocenters. The average molecular weight is 486 g/mol. The minimum absolute atomic E-state index is 0.0278. The lowest BCUT2D eigenvalue weighted by Crippen LogP contribution is -2.54. The molecule has 0 radical (unpaired) electrons. The molecule has 1 N–H and O–H groups in total. The van der Waals surface area contributed by atoms with Crippen LogP contribution >= 0.6 is 0 Å². The lowest BCUT2D eigenvalue weighted by atomic mass is 10.0. The third-order valence-corrected chi connectivity index (χ3v) is 5.36. The fraction of sp³-hybridized carbons (Fsp3) is 0.381. The quantitative estimate of drug-likeness (QED) is 0.374. The van der Waals surface area contributed by atoms with Crippen LogP contribution in [0.4, 0.5) is 33.7 Å². The second-order valence-electron chi connectivity index (χ2n) is 7.52. The number of alkyl halides is 3. The number of rotatable bonds is 6. The molecule has 13 heteroatoms. The first-order chi connectivity index (χ1) is 16.0. The van der Waals surface area contributed by atoms with Crippen LogP contribution in [0.2, 0.25) is 0 Å². The van der Waals surface area contributed by atoms with Crippen LogP contribution in [0.15, 0.2) is 36.4 Å². The molecule has 1 aliphatic rings. The molecule has 1 saturated heterocycles. The summed E-state index contributed by atoms with van der Waals surface area (Å²) in [5.41, 5.74) is -2.85. The van der Waals surface area contributed by atoms with Gasteiger partial charge in [0.05, 0.1) is 11.0 Å². The molecule has 9 nitrogen and oxygen atoms in total. The second-order valence-corrected chi connectivity index (χ2v) is 7.52. The maximum absolute atomic E-state index is 14.3. The van der Waals surface area contributed by atoms with Gasteiger partial charge in [0, 0.05) is 32.7 Å². The topological polar surface area (TPSA) is 97.2 Å². The van der Waals surface area contributed by atoms with Crippen molar-refractivity contribution in [3.05, 3.63) is 57.9 Å². The van der Waals surface area contributed by atoms with Crippen LogP contribution in [0.3, 0.4) is 0 Å². The smallest absolute Gasteiger partial charge is 0.422 e. The first-order valence-corrected chi connectivity index (χ1v) is 10.1. The van der Waals surface area contributed by atoms with Crippen molar-refractivity contribution in [3.8, 4) is 11.5 Å². The molecular weight excluding hydrogens is 464 g/mol. The van der Waals surface area contributed by atoms with Crippen molar-refractivity contribution >= 4 is 17.5 Å². The number of amides is 1. The number of halogens is 4. The van der Waals surface area contributed by atoms with E-state index in [9.17, 15) is 32.5 Å². The number of alkyl carbamates (subject to hydrolysis) is 1. The molecule has 0 spiro atoms. The van der Waals surface area contributed by atoms with Crippen molar-refractivity contribution in [2.45, 2.75) is 12.2 Å². The van der Waals surface area contributed by atoms with E-state index in [1.165, 1.54) is 24.1 Å². The predicted molar refractivity (Wildman–Crippen MR) is 114 cm³/mol.